The first kappa shape index (κ1) is 17.4. The summed E-state index contributed by atoms with van der Waals surface area (Å²) in [5.74, 6) is -1.38. The van der Waals surface area contributed by atoms with Gasteiger partial charge in [-0.2, -0.15) is 4.31 Å². The zero-order chi connectivity index (χ0) is 16.0. The summed E-state index contributed by atoms with van der Waals surface area (Å²) in [7, 11) is -4.06. The van der Waals surface area contributed by atoms with Crippen LogP contribution in [0.4, 0.5) is 10.1 Å². The van der Waals surface area contributed by atoms with E-state index >= 15 is 0 Å². The quantitative estimate of drug-likeness (QED) is 0.606. The van der Waals surface area contributed by atoms with Crippen molar-refractivity contribution >= 4 is 21.7 Å². The minimum absolute atomic E-state index is 0.0682. The third kappa shape index (κ3) is 4.40. The maximum Gasteiger partial charge on any atom is 0.321 e. The second-order valence-electron chi connectivity index (χ2n) is 4.33. The van der Waals surface area contributed by atoms with E-state index in [1.54, 1.807) is 13.8 Å². The molecule has 1 aromatic carbocycles. The third-order valence-electron chi connectivity index (χ3n) is 2.68. The Hall–Kier alpha value is -1.67. The lowest BCUT2D eigenvalue weighted by Crippen LogP contribution is -2.37. The lowest BCUT2D eigenvalue weighted by molar-refractivity contribution is -0.143. The standard InChI is InChI=1S/C13H19FN2O4S/c1-3-7-16(9-13(17)20-4-2)21(18,19)12-8-10(14)5-6-11(12)15/h5-6,8H,3-4,7,9,15H2,1-2H3. The van der Waals surface area contributed by atoms with Gasteiger partial charge in [0.15, 0.2) is 0 Å². The summed E-state index contributed by atoms with van der Waals surface area (Å²) in [4.78, 5) is 11.2. The maximum atomic E-state index is 13.3. The fourth-order valence-corrected chi connectivity index (χ4v) is 3.36. The van der Waals surface area contributed by atoms with Crippen LogP contribution in [0.5, 0.6) is 0 Å². The molecule has 21 heavy (non-hydrogen) atoms. The van der Waals surface area contributed by atoms with Crippen LogP contribution in [0.15, 0.2) is 23.1 Å². The minimum atomic E-state index is -4.06. The van der Waals surface area contributed by atoms with Crippen LogP contribution in [0.2, 0.25) is 0 Å². The number of esters is 1. The number of carbonyl (C=O) groups is 1. The fraction of sp³-hybridized carbons (Fsp3) is 0.462. The van der Waals surface area contributed by atoms with E-state index < -0.39 is 28.4 Å². The maximum absolute atomic E-state index is 13.3. The van der Waals surface area contributed by atoms with Crippen LogP contribution >= 0.6 is 0 Å². The number of nitrogens with zero attached hydrogens (tertiary/aromatic N) is 1. The van der Waals surface area contributed by atoms with Gasteiger partial charge in [-0.05, 0) is 31.5 Å². The second-order valence-corrected chi connectivity index (χ2v) is 6.23. The lowest BCUT2D eigenvalue weighted by atomic mass is 10.3. The van der Waals surface area contributed by atoms with E-state index in [-0.39, 0.29) is 23.7 Å². The highest BCUT2D eigenvalue weighted by Gasteiger charge is 2.28. The van der Waals surface area contributed by atoms with E-state index in [2.05, 4.69) is 0 Å². The average Bonchev–Trinajstić information content (AvgIpc) is 2.41. The van der Waals surface area contributed by atoms with Crippen molar-refractivity contribution in [1.82, 2.24) is 4.31 Å². The molecule has 0 saturated carbocycles. The first-order valence-electron chi connectivity index (χ1n) is 6.53. The van der Waals surface area contributed by atoms with E-state index in [0.29, 0.717) is 6.42 Å². The Bertz CT molecular complexity index is 604. The molecule has 0 unspecified atom stereocenters. The van der Waals surface area contributed by atoms with Gasteiger partial charge < -0.3 is 10.5 Å². The smallest absolute Gasteiger partial charge is 0.321 e. The number of anilines is 1. The predicted molar refractivity (Wildman–Crippen MR) is 76.5 cm³/mol. The monoisotopic (exact) mass is 318 g/mol. The number of rotatable bonds is 7. The molecular weight excluding hydrogens is 299 g/mol. The molecule has 1 rings (SSSR count). The molecule has 0 fully saturated rings. The first-order valence-corrected chi connectivity index (χ1v) is 7.97. The second kappa shape index (κ2) is 7.37. The first-order chi connectivity index (χ1) is 9.82. The molecule has 0 aliphatic carbocycles. The predicted octanol–water partition coefficient (Wildman–Crippen LogP) is 1.37. The van der Waals surface area contributed by atoms with Gasteiger partial charge in [-0.15, -0.1) is 0 Å². The number of ether oxygens (including phenoxy) is 1. The van der Waals surface area contributed by atoms with Gasteiger partial charge in [-0.25, -0.2) is 12.8 Å². The molecule has 0 radical (unpaired) electrons. The summed E-state index contributed by atoms with van der Waals surface area (Å²) < 4.78 is 44.0. The van der Waals surface area contributed by atoms with Crippen molar-refractivity contribution in [2.75, 3.05) is 25.4 Å². The molecule has 0 aliphatic rings. The normalized spacial score (nSPS) is 11.6. The minimum Gasteiger partial charge on any atom is -0.465 e. The summed E-state index contributed by atoms with van der Waals surface area (Å²) in [5, 5.41) is 0. The Kier molecular flexibility index (Phi) is 6.10. The number of nitrogen functional groups attached to an aromatic ring is 1. The van der Waals surface area contributed by atoms with Crippen LogP contribution in [-0.2, 0) is 19.6 Å². The summed E-state index contributed by atoms with van der Waals surface area (Å²) >= 11 is 0. The highest BCUT2D eigenvalue weighted by molar-refractivity contribution is 7.89. The molecule has 0 bridgehead atoms. The average molecular weight is 318 g/mol. The highest BCUT2D eigenvalue weighted by Crippen LogP contribution is 2.23. The van der Waals surface area contributed by atoms with Crippen molar-refractivity contribution < 1.29 is 22.3 Å². The molecule has 0 spiro atoms. The molecule has 0 saturated heterocycles. The van der Waals surface area contributed by atoms with Gasteiger partial charge in [0.1, 0.15) is 17.3 Å². The Morgan fingerprint density at radius 1 is 1.38 bits per heavy atom. The van der Waals surface area contributed by atoms with Crippen LogP contribution in [0.25, 0.3) is 0 Å². The van der Waals surface area contributed by atoms with E-state index in [9.17, 15) is 17.6 Å². The van der Waals surface area contributed by atoms with Crippen LogP contribution in [0.1, 0.15) is 20.3 Å². The molecule has 6 nitrogen and oxygen atoms in total. The Balaban J connectivity index is 3.15. The van der Waals surface area contributed by atoms with Gasteiger partial charge in [-0.3, -0.25) is 4.79 Å². The largest absolute Gasteiger partial charge is 0.465 e. The van der Waals surface area contributed by atoms with Gasteiger partial charge in [0.25, 0.3) is 0 Å². The van der Waals surface area contributed by atoms with Crippen molar-refractivity contribution in [3.63, 3.8) is 0 Å². The SMILES string of the molecule is CCCN(CC(=O)OCC)S(=O)(=O)c1cc(F)ccc1N. The van der Waals surface area contributed by atoms with E-state index in [1.165, 1.54) is 6.07 Å². The van der Waals surface area contributed by atoms with Gasteiger partial charge >= 0.3 is 5.97 Å². The van der Waals surface area contributed by atoms with Crippen LogP contribution in [0.3, 0.4) is 0 Å². The molecular formula is C13H19FN2O4S. The van der Waals surface area contributed by atoms with E-state index in [4.69, 9.17) is 10.5 Å². The lowest BCUT2D eigenvalue weighted by Gasteiger charge is -2.21. The van der Waals surface area contributed by atoms with E-state index in [0.717, 1.165) is 16.4 Å². The molecule has 0 heterocycles. The van der Waals surface area contributed by atoms with Crippen LogP contribution in [0, 0.1) is 5.82 Å². The van der Waals surface area contributed by atoms with Crippen molar-refractivity contribution in [3.8, 4) is 0 Å². The number of sulfonamides is 1. The summed E-state index contributed by atoms with van der Waals surface area (Å²) in [5.41, 5.74) is 5.54. The number of benzene rings is 1. The number of carbonyl (C=O) groups excluding carboxylic acids is 1. The number of hydrogen-bond acceptors (Lipinski definition) is 5. The number of nitrogens with two attached hydrogens (primary N) is 1. The Morgan fingerprint density at radius 2 is 2.05 bits per heavy atom. The molecule has 1 aromatic rings. The fourth-order valence-electron chi connectivity index (χ4n) is 1.75. The number of hydrogen-bond donors (Lipinski definition) is 1. The molecule has 118 valence electrons. The highest BCUT2D eigenvalue weighted by atomic mass is 32.2. The molecule has 0 aromatic heterocycles. The molecule has 0 amide bonds. The molecule has 0 atom stereocenters. The molecule has 0 aliphatic heterocycles. The van der Waals surface area contributed by atoms with Gasteiger partial charge in [0.2, 0.25) is 10.0 Å². The summed E-state index contributed by atoms with van der Waals surface area (Å²) in [6, 6.07) is 3.10. The Labute approximate surface area is 123 Å². The Morgan fingerprint density at radius 3 is 2.62 bits per heavy atom. The van der Waals surface area contributed by atoms with Crippen molar-refractivity contribution in [2.24, 2.45) is 0 Å². The zero-order valence-electron chi connectivity index (χ0n) is 12.0. The van der Waals surface area contributed by atoms with Crippen molar-refractivity contribution in [2.45, 2.75) is 25.2 Å². The summed E-state index contributed by atoms with van der Waals surface area (Å²) in [6.07, 6.45) is 0.494. The number of halogens is 1. The summed E-state index contributed by atoms with van der Waals surface area (Å²) in [6.45, 7) is 3.22. The zero-order valence-corrected chi connectivity index (χ0v) is 12.8. The molecule has 8 heteroatoms. The third-order valence-corrected chi connectivity index (χ3v) is 4.58. The van der Waals surface area contributed by atoms with Gasteiger partial charge in [0.05, 0.1) is 12.3 Å². The molecule has 2 N–H and O–H groups in total. The van der Waals surface area contributed by atoms with E-state index in [1.807, 2.05) is 0 Å². The van der Waals surface area contributed by atoms with Crippen LogP contribution in [-0.4, -0.2) is 38.4 Å². The van der Waals surface area contributed by atoms with Crippen LogP contribution < -0.4 is 5.73 Å². The van der Waals surface area contributed by atoms with Crippen molar-refractivity contribution in [1.29, 1.82) is 0 Å². The van der Waals surface area contributed by atoms with Crippen molar-refractivity contribution in [3.05, 3.63) is 24.0 Å². The van der Waals surface area contributed by atoms with Gasteiger partial charge in [0, 0.05) is 6.54 Å². The van der Waals surface area contributed by atoms with Gasteiger partial charge in [-0.1, -0.05) is 6.92 Å². The topological polar surface area (TPSA) is 89.7 Å².